The second kappa shape index (κ2) is 7.65. The van der Waals surface area contributed by atoms with E-state index in [1.165, 1.54) is 4.31 Å². The summed E-state index contributed by atoms with van der Waals surface area (Å²) >= 11 is 5.77. The number of hydrogen-bond donors (Lipinski definition) is 1. The molecule has 0 bridgehead atoms. The molecule has 2 unspecified atom stereocenters. The number of anilines is 1. The van der Waals surface area contributed by atoms with Crippen molar-refractivity contribution in [2.45, 2.75) is 32.2 Å². The number of aromatic nitrogens is 1. The second-order valence-corrected chi connectivity index (χ2v) is 8.36. The van der Waals surface area contributed by atoms with Crippen LogP contribution >= 0.6 is 11.6 Å². The van der Waals surface area contributed by atoms with Crippen molar-refractivity contribution in [1.29, 1.82) is 0 Å². The first-order chi connectivity index (χ1) is 11.5. The summed E-state index contributed by atoms with van der Waals surface area (Å²) in [5.41, 5.74) is -0.966. The van der Waals surface area contributed by atoms with Gasteiger partial charge in [0.2, 0.25) is 10.0 Å². The Balaban J connectivity index is 1.96. The monoisotopic (exact) mass is 401 g/mol. The molecule has 1 fully saturated rings. The topological polar surface area (TPSA) is 71.5 Å². The highest BCUT2D eigenvalue weighted by molar-refractivity contribution is 7.89. The van der Waals surface area contributed by atoms with Crippen molar-refractivity contribution < 1.29 is 26.3 Å². The van der Waals surface area contributed by atoms with Gasteiger partial charge in [0.05, 0.1) is 28.5 Å². The lowest BCUT2D eigenvalue weighted by molar-refractivity contribution is -0.137. The van der Waals surface area contributed by atoms with E-state index in [-0.39, 0.29) is 48.4 Å². The van der Waals surface area contributed by atoms with Gasteiger partial charge in [-0.3, -0.25) is 0 Å². The van der Waals surface area contributed by atoms with Crippen LogP contribution in [0.3, 0.4) is 0 Å². The molecule has 1 aromatic rings. The summed E-state index contributed by atoms with van der Waals surface area (Å²) in [5.74, 6) is -0.223. The Hall–Kier alpha value is -1.10. The van der Waals surface area contributed by atoms with Crippen molar-refractivity contribution in [2.24, 2.45) is 0 Å². The first kappa shape index (κ1) is 20.2. The first-order valence-corrected chi connectivity index (χ1v) is 9.57. The van der Waals surface area contributed by atoms with Crippen LogP contribution in [0.25, 0.3) is 0 Å². The quantitative estimate of drug-likeness (QED) is 0.821. The van der Waals surface area contributed by atoms with Crippen molar-refractivity contribution in [1.82, 2.24) is 9.29 Å². The van der Waals surface area contributed by atoms with Crippen molar-refractivity contribution >= 4 is 27.4 Å². The van der Waals surface area contributed by atoms with E-state index in [1.807, 2.05) is 0 Å². The van der Waals surface area contributed by atoms with Crippen LogP contribution in [0, 0.1) is 0 Å². The van der Waals surface area contributed by atoms with Gasteiger partial charge in [-0.2, -0.15) is 17.5 Å². The van der Waals surface area contributed by atoms with Crippen LogP contribution in [0.15, 0.2) is 12.3 Å². The molecule has 6 nitrogen and oxygen atoms in total. The first-order valence-electron chi connectivity index (χ1n) is 7.59. The molecule has 25 heavy (non-hydrogen) atoms. The molecular weight excluding hydrogens is 383 g/mol. The molecule has 1 N–H and O–H groups in total. The van der Waals surface area contributed by atoms with Gasteiger partial charge in [-0.05, 0) is 19.9 Å². The van der Waals surface area contributed by atoms with Crippen LogP contribution < -0.4 is 5.32 Å². The second-order valence-electron chi connectivity index (χ2n) is 5.87. The van der Waals surface area contributed by atoms with E-state index in [9.17, 15) is 21.6 Å². The van der Waals surface area contributed by atoms with E-state index in [0.717, 1.165) is 6.07 Å². The van der Waals surface area contributed by atoms with E-state index in [2.05, 4.69) is 10.3 Å². The van der Waals surface area contributed by atoms with E-state index in [0.29, 0.717) is 6.20 Å². The molecule has 1 aliphatic rings. The normalized spacial score (nSPS) is 22.8. The summed E-state index contributed by atoms with van der Waals surface area (Å²) in [6.45, 7) is 4.10. The molecule has 0 spiro atoms. The number of hydrogen-bond acceptors (Lipinski definition) is 5. The number of sulfonamides is 1. The number of ether oxygens (including phenoxy) is 1. The van der Waals surface area contributed by atoms with E-state index < -0.39 is 21.8 Å². The third-order valence-electron chi connectivity index (χ3n) is 3.60. The zero-order chi connectivity index (χ0) is 18.8. The molecule has 2 rings (SSSR count). The van der Waals surface area contributed by atoms with Gasteiger partial charge >= 0.3 is 6.18 Å². The lowest BCUT2D eigenvalue weighted by atomic mass is 10.3. The predicted octanol–water partition coefficient (Wildman–Crippen LogP) is 2.60. The minimum absolute atomic E-state index is 0.00794. The number of morpholine rings is 1. The van der Waals surface area contributed by atoms with Gasteiger partial charge in [0.15, 0.2) is 0 Å². The number of halogens is 4. The average molecular weight is 402 g/mol. The Bertz CT molecular complexity index is 705. The molecule has 1 saturated heterocycles. The molecule has 142 valence electrons. The number of nitrogens with zero attached hydrogens (tertiary/aromatic N) is 2. The van der Waals surface area contributed by atoms with Crippen molar-refractivity contribution in [2.75, 3.05) is 30.7 Å². The molecular formula is C14H19ClF3N3O3S. The largest absolute Gasteiger partial charge is 0.417 e. The van der Waals surface area contributed by atoms with Gasteiger partial charge in [-0.1, -0.05) is 11.6 Å². The lowest BCUT2D eigenvalue weighted by Gasteiger charge is -2.34. The van der Waals surface area contributed by atoms with Gasteiger partial charge in [0.25, 0.3) is 0 Å². The highest BCUT2D eigenvalue weighted by Gasteiger charge is 2.32. The highest BCUT2D eigenvalue weighted by atomic mass is 35.5. The summed E-state index contributed by atoms with van der Waals surface area (Å²) in [6.07, 6.45) is -4.29. The van der Waals surface area contributed by atoms with Crippen molar-refractivity contribution in [3.63, 3.8) is 0 Å². The Morgan fingerprint density at radius 1 is 1.36 bits per heavy atom. The fourth-order valence-electron chi connectivity index (χ4n) is 2.51. The van der Waals surface area contributed by atoms with E-state index in [4.69, 9.17) is 16.3 Å². The van der Waals surface area contributed by atoms with Gasteiger partial charge in [-0.15, -0.1) is 0 Å². The van der Waals surface area contributed by atoms with Crippen LogP contribution in [-0.4, -0.2) is 55.3 Å². The molecule has 1 aliphatic heterocycles. The standard InChI is InChI=1S/C14H19ClF3N3O3S/c1-9-7-21(8-10(2)24-9)25(22,23)4-3-19-13-12(15)5-11(6-20-13)14(16,17)18/h5-6,9-10H,3-4,7-8H2,1-2H3,(H,19,20). The van der Waals surface area contributed by atoms with Gasteiger partial charge < -0.3 is 10.1 Å². The number of pyridine rings is 1. The van der Waals surface area contributed by atoms with Crippen LogP contribution in [0.4, 0.5) is 19.0 Å². The zero-order valence-electron chi connectivity index (χ0n) is 13.7. The van der Waals surface area contributed by atoms with Gasteiger partial charge in [-0.25, -0.2) is 13.4 Å². The predicted molar refractivity (Wildman–Crippen MR) is 88.1 cm³/mol. The number of rotatable bonds is 5. The highest BCUT2D eigenvalue weighted by Crippen LogP contribution is 2.32. The number of alkyl halides is 3. The number of nitrogens with one attached hydrogen (secondary N) is 1. The van der Waals surface area contributed by atoms with Crippen LogP contribution in [0.5, 0.6) is 0 Å². The fraction of sp³-hybridized carbons (Fsp3) is 0.643. The van der Waals surface area contributed by atoms with Gasteiger partial charge in [0.1, 0.15) is 5.82 Å². The summed E-state index contributed by atoms with van der Waals surface area (Å²) in [4.78, 5) is 3.61. The minimum Gasteiger partial charge on any atom is -0.373 e. The molecule has 11 heteroatoms. The zero-order valence-corrected chi connectivity index (χ0v) is 15.2. The molecule has 0 aliphatic carbocycles. The Morgan fingerprint density at radius 3 is 2.48 bits per heavy atom. The van der Waals surface area contributed by atoms with Crippen LogP contribution in [0.2, 0.25) is 5.02 Å². The molecule has 1 aromatic heterocycles. The Morgan fingerprint density at radius 2 is 1.96 bits per heavy atom. The smallest absolute Gasteiger partial charge is 0.373 e. The maximum atomic E-state index is 12.6. The summed E-state index contributed by atoms with van der Waals surface area (Å²) in [7, 11) is -3.52. The molecule has 2 atom stereocenters. The summed E-state index contributed by atoms with van der Waals surface area (Å²) in [5, 5.41) is 2.44. The maximum absolute atomic E-state index is 12.6. The molecule has 0 radical (unpaired) electrons. The Labute approximate surface area is 149 Å². The summed E-state index contributed by atoms with van der Waals surface area (Å²) < 4.78 is 69.3. The third-order valence-corrected chi connectivity index (χ3v) is 5.69. The van der Waals surface area contributed by atoms with Gasteiger partial charge in [0, 0.05) is 25.8 Å². The SMILES string of the molecule is CC1CN(S(=O)(=O)CCNc2ncc(C(F)(F)F)cc2Cl)CC(C)O1. The summed E-state index contributed by atoms with van der Waals surface area (Å²) in [6, 6.07) is 0.747. The molecule has 0 aromatic carbocycles. The van der Waals surface area contributed by atoms with Crippen LogP contribution in [0.1, 0.15) is 19.4 Å². The third kappa shape index (κ3) is 5.44. The van der Waals surface area contributed by atoms with Crippen molar-refractivity contribution in [3.8, 4) is 0 Å². The average Bonchev–Trinajstić information content (AvgIpc) is 2.46. The molecule has 0 saturated carbocycles. The van der Waals surface area contributed by atoms with Crippen LogP contribution in [-0.2, 0) is 20.9 Å². The van der Waals surface area contributed by atoms with E-state index >= 15 is 0 Å². The Kier molecular flexibility index (Phi) is 6.18. The maximum Gasteiger partial charge on any atom is 0.417 e. The molecule has 2 heterocycles. The van der Waals surface area contributed by atoms with Crippen molar-refractivity contribution in [3.05, 3.63) is 22.8 Å². The minimum atomic E-state index is -4.54. The molecule has 0 amide bonds. The fourth-order valence-corrected chi connectivity index (χ4v) is 4.23. The van der Waals surface area contributed by atoms with E-state index in [1.54, 1.807) is 13.8 Å². The lowest BCUT2D eigenvalue weighted by Crippen LogP contribution is -2.49.